The molecule has 0 saturated heterocycles. The predicted octanol–water partition coefficient (Wildman–Crippen LogP) is 3.01. The van der Waals surface area contributed by atoms with Crippen molar-refractivity contribution >= 4 is 16.9 Å². The first-order chi connectivity index (χ1) is 9.99. The van der Waals surface area contributed by atoms with Crippen LogP contribution in [0.5, 0.6) is 0 Å². The van der Waals surface area contributed by atoms with Crippen LogP contribution in [-0.2, 0) is 17.8 Å². The summed E-state index contributed by atoms with van der Waals surface area (Å²) in [6.07, 6.45) is 4.86. The van der Waals surface area contributed by atoms with Crippen LogP contribution in [0.15, 0.2) is 24.5 Å². The van der Waals surface area contributed by atoms with Gasteiger partial charge in [-0.25, -0.2) is 4.98 Å². The molecule has 114 valence electrons. The second kappa shape index (κ2) is 6.74. The number of hydrogen-bond donors (Lipinski definition) is 1. The molecule has 0 spiro atoms. The Morgan fingerprint density at radius 2 is 2.10 bits per heavy atom. The highest BCUT2D eigenvalue weighted by Crippen LogP contribution is 2.20. The molecule has 2 aromatic rings. The van der Waals surface area contributed by atoms with Gasteiger partial charge < -0.3 is 9.88 Å². The van der Waals surface area contributed by atoms with E-state index in [1.165, 1.54) is 10.9 Å². The summed E-state index contributed by atoms with van der Waals surface area (Å²) in [5, 5.41) is 4.17. The average Bonchev–Trinajstić information content (AvgIpc) is 2.76. The van der Waals surface area contributed by atoms with Gasteiger partial charge in [0.2, 0.25) is 5.91 Å². The van der Waals surface area contributed by atoms with E-state index in [1.807, 2.05) is 26.1 Å². The number of pyridine rings is 1. The second-order valence-electron chi connectivity index (χ2n) is 6.27. The Kier molecular flexibility index (Phi) is 4.99. The van der Waals surface area contributed by atoms with E-state index >= 15 is 0 Å². The fraction of sp³-hybridized carbons (Fsp3) is 0.529. The van der Waals surface area contributed by atoms with Crippen molar-refractivity contribution in [2.45, 2.75) is 40.7 Å². The van der Waals surface area contributed by atoms with Gasteiger partial charge in [-0.15, -0.1) is 0 Å². The molecule has 0 aliphatic rings. The van der Waals surface area contributed by atoms with E-state index in [1.54, 1.807) is 0 Å². The molecule has 0 aromatic carbocycles. The summed E-state index contributed by atoms with van der Waals surface area (Å²) in [4.78, 5) is 16.1. The zero-order valence-electron chi connectivity index (χ0n) is 13.4. The van der Waals surface area contributed by atoms with Crippen LogP contribution in [0.3, 0.4) is 0 Å². The summed E-state index contributed by atoms with van der Waals surface area (Å²) >= 11 is 0. The molecule has 4 heteroatoms. The van der Waals surface area contributed by atoms with Crippen molar-refractivity contribution in [1.82, 2.24) is 14.9 Å². The zero-order valence-corrected chi connectivity index (χ0v) is 13.4. The highest BCUT2D eigenvalue weighted by Gasteiger charge is 2.11. The number of fused-ring (bicyclic) bond motifs is 1. The molecule has 0 bridgehead atoms. The number of aromatic nitrogens is 2. The quantitative estimate of drug-likeness (QED) is 0.887. The van der Waals surface area contributed by atoms with Crippen LogP contribution >= 0.6 is 0 Å². The van der Waals surface area contributed by atoms with Gasteiger partial charge in [0.15, 0.2) is 0 Å². The Bertz CT molecular complexity index is 614. The molecule has 0 fully saturated rings. The van der Waals surface area contributed by atoms with Crippen LogP contribution in [0, 0.1) is 11.8 Å². The van der Waals surface area contributed by atoms with Crippen molar-refractivity contribution < 1.29 is 4.79 Å². The number of rotatable bonds is 6. The SMILES string of the molecule is CC(C)Cn1cc(CCNC(=O)C(C)C)c2cccnc21. The van der Waals surface area contributed by atoms with Gasteiger partial charge in [0.25, 0.3) is 0 Å². The van der Waals surface area contributed by atoms with E-state index < -0.39 is 0 Å². The van der Waals surface area contributed by atoms with Gasteiger partial charge in [-0.2, -0.15) is 0 Å². The molecule has 0 atom stereocenters. The Hall–Kier alpha value is -1.84. The van der Waals surface area contributed by atoms with Crippen molar-refractivity contribution in [3.63, 3.8) is 0 Å². The molecular weight excluding hydrogens is 262 g/mol. The minimum Gasteiger partial charge on any atom is -0.356 e. The van der Waals surface area contributed by atoms with Gasteiger partial charge >= 0.3 is 0 Å². The van der Waals surface area contributed by atoms with E-state index in [-0.39, 0.29) is 11.8 Å². The third-order valence-electron chi connectivity index (χ3n) is 3.50. The van der Waals surface area contributed by atoms with E-state index in [0.29, 0.717) is 12.5 Å². The number of hydrogen-bond acceptors (Lipinski definition) is 2. The largest absolute Gasteiger partial charge is 0.356 e. The molecule has 0 radical (unpaired) electrons. The Morgan fingerprint density at radius 3 is 2.76 bits per heavy atom. The fourth-order valence-corrected chi connectivity index (χ4v) is 2.45. The zero-order chi connectivity index (χ0) is 15.4. The van der Waals surface area contributed by atoms with Gasteiger partial charge in [-0.1, -0.05) is 27.7 Å². The molecule has 0 aliphatic carbocycles. The number of nitrogens with one attached hydrogen (secondary N) is 1. The highest BCUT2D eigenvalue weighted by atomic mass is 16.1. The van der Waals surface area contributed by atoms with Gasteiger partial charge in [-0.3, -0.25) is 4.79 Å². The molecule has 21 heavy (non-hydrogen) atoms. The van der Waals surface area contributed by atoms with Crippen LogP contribution in [-0.4, -0.2) is 22.0 Å². The summed E-state index contributed by atoms with van der Waals surface area (Å²) in [5.41, 5.74) is 2.29. The summed E-state index contributed by atoms with van der Waals surface area (Å²) in [6.45, 7) is 9.87. The predicted molar refractivity (Wildman–Crippen MR) is 86.1 cm³/mol. The molecule has 2 heterocycles. The van der Waals surface area contributed by atoms with Crippen molar-refractivity contribution in [2.24, 2.45) is 11.8 Å². The van der Waals surface area contributed by atoms with Crippen molar-refractivity contribution in [1.29, 1.82) is 0 Å². The Balaban J connectivity index is 2.14. The van der Waals surface area contributed by atoms with Crippen LogP contribution in [0.4, 0.5) is 0 Å². The standard InChI is InChI=1S/C17H25N3O/c1-12(2)10-20-11-14(7-9-19-17(21)13(3)4)15-6-5-8-18-16(15)20/h5-6,8,11-13H,7,9-10H2,1-4H3,(H,19,21). The van der Waals surface area contributed by atoms with E-state index in [9.17, 15) is 4.79 Å². The minimum absolute atomic E-state index is 0.0361. The molecular formula is C17H25N3O. The maximum Gasteiger partial charge on any atom is 0.222 e. The van der Waals surface area contributed by atoms with Crippen LogP contribution in [0.1, 0.15) is 33.3 Å². The lowest BCUT2D eigenvalue weighted by Gasteiger charge is -2.07. The second-order valence-corrected chi connectivity index (χ2v) is 6.27. The summed E-state index contributed by atoms with van der Waals surface area (Å²) in [5.74, 6) is 0.726. The molecule has 1 amide bonds. The first-order valence-corrected chi connectivity index (χ1v) is 7.69. The average molecular weight is 287 g/mol. The molecule has 1 N–H and O–H groups in total. The van der Waals surface area contributed by atoms with Crippen molar-refractivity contribution in [2.75, 3.05) is 6.54 Å². The van der Waals surface area contributed by atoms with Gasteiger partial charge in [0.05, 0.1) is 0 Å². The third-order valence-corrected chi connectivity index (χ3v) is 3.50. The monoisotopic (exact) mass is 287 g/mol. The van der Waals surface area contributed by atoms with Crippen LogP contribution < -0.4 is 5.32 Å². The topological polar surface area (TPSA) is 46.9 Å². The smallest absolute Gasteiger partial charge is 0.222 e. The lowest BCUT2D eigenvalue weighted by atomic mass is 10.1. The van der Waals surface area contributed by atoms with Crippen LogP contribution in [0.2, 0.25) is 0 Å². The van der Waals surface area contributed by atoms with E-state index in [2.05, 4.69) is 41.0 Å². The summed E-state index contributed by atoms with van der Waals surface area (Å²) < 4.78 is 2.22. The summed E-state index contributed by atoms with van der Waals surface area (Å²) in [7, 11) is 0. The third kappa shape index (κ3) is 3.84. The lowest BCUT2D eigenvalue weighted by molar-refractivity contribution is -0.123. The van der Waals surface area contributed by atoms with Gasteiger partial charge in [0, 0.05) is 36.8 Å². The molecule has 2 aromatic heterocycles. The minimum atomic E-state index is 0.0361. The Labute approximate surface area is 126 Å². The number of amides is 1. The van der Waals surface area contributed by atoms with E-state index in [4.69, 9.17) is 0 Å². The number of nitrogens with zero attached hydrogens (tertiary/aromatic N) is 2. The number of carbonyl (C=O) groups excluding carboxylic acids is 1. The first-order valence-electron chi connectivity index (χ1n) is 7.69. The Morgan fingerprint density at radius 1 is 1.33 bits per heavy atom. The fourth-order valence-electron chi connectivity index (χ4n) is 2.45. The van der Waals surface area contributed by atoms with Crippen LogP contribution in [0.25, 0.3) is 11.0 Å². The molecule has 4 nitrogen and oxygen atoms in total. The normalized spacial score (nSPS) is 11.5. The van der Waals surface area contributed by atoms with E-state index in [0.717, 1.165) is 18.6 Å². The van der Waals surface area contributed by atoms with Gasteiger partial charge in [0.1, 0.15) is 5.65 Å². The molecule has 0 unspecified atom stereocenters. The lowest BCUT2D eigenvalue weighted by Crippen LogP contribution is -2.29. The molecule has 0 saturated carbocycles. The van der Waals surface area contributed by atoms with Crippen molar-refractivity contribution in [3.05, 3.63) is 30.1 Å². The van der Waals surface area contributed by atoms with Crippen molar-refractivity contribution in [3.8, 4) is 0 Å². The summed E-state index contributed by atoms with van der Waals surface area (Å²) in [6, 6.07) is 4.08. The molecule has 2 rings (SSSR count). The maximum absolute atomic E-state index is 11.6. The first kappa shape index (κ1) is 15.5. The number of carbonyl (C=O) groups is 1. The maximum atomic E-state index is 11.6. The highest BCUT2D eigenvalue weighted by molar-refractivity contribution is 5.81. The van der Waals surface area contributed by atoms with Gasteiger partial charge in [-0.05, 0) is 30.0 Å². The molecule has 0 aliphatic heterocycles.